The summed E-state index contributed by atoms with van der Waals surface area (Å²) in [4.78, 5) is 16.3. The second-order valence-electron chi connectivity index (χ2n) is 5.33. The summed E-state index contributed by atoms with van der Waals surface area (Å²) in [7, 11) is 0. The van der Waals surface area contributed by atoms with Crippen LogP contribution in [0.1, 0.15) is 24.8 Å². The van der Waals surface area contributed by atoms with Gasteiger partial charge in [-0.1, -0.05) is 11.6 Å². The Bertz CT molecular complexity index is 700. The zero-order chi connectivity index (χ0) is 16.4. The third-order valence-electron chi connectivity index (χ3n) is 3.91. The van der Waals surface area contributed by atoms with Gasteiger partial charge in [-0.3, -0.25) is 0 Å². The van der Waals surface area contributed by atoms with Crippen LogP contribution in [-0.4, -0.2) is 49.5 Å². The molecule has 1 saturated heterocycles. The molecule has 3 heterocycles. The van der Waals surface area contributed by atoms with Crippen molar-refractivity contribution in [3.63, 3.8) is 0 Å². The first-order chi connectivity index (χ1) is 11.1. The highest BCUT2D eigenvalue weighted by Gasteiger charge is 2.31. The van der Waals surface area contributed by atoms with Crippen molar-refractivity contribution in [2.45, 2.75) is 18.9 Å². The number of aromatic nitrogens is 3. The number of carbonyl (C=O) groups is 1. The summed E-state index contributed by atoms with van der Waals surface area (Å²) >= 11 is 6.03. The van der Waals surface area contributed by atoms with Crippen molar-refractivity contribution in [2.24, 2.45) is 5.92 Å². The van der Waals surface area contributed by atoms with Crippen LogP contribution in [0.2, 0.25) is 5.02 Å². The SMILES string of the molecule is O=C(O)N1CCC(C(O)c2nnc(-c3ncccc3Cl)o2)CC1. The number of amides is 1. The summed E-state index contributed by atoms with van der Waals surface area (Å²) in [6.07, 6.45) is 0.756. The largest absolute Gasteiger partial charge is 0.465 e. The molecule has 1 fully saturated rings. The number of rotatable bonds is 3. The van der Waals surface area contributed by atoms with E-state index >= 15 is 0 Å². The van der Waals surface area contributed by atoms with Crippen molar-refractivity contribution in [1.82, 2.24) is 20.1 Å². The Kier molecular flexibility index (Phi) is 4.44. The molecule has 3 rings (SSSR count). The van der Waals surface area contributed by atoms with E-state index in [2.05, 4.69) is 15.2 Å². The Balaban J connectivity index is 1.71. The Labute approximate surface area is 136 Å². The van der Waals surface area contributed by atoms with E-state index in [0.29, 0.717) is 36.6 Å². The number of aliphatic hydroxyl groups excluding tert-OH is 1. The molecule has 1 amide bonds. The molecule has 2 N–H and O–H groups in total. The van der Waals surface area contributed by atoms with Gasteiger partial charge in [0, 0.05) is 19.3 Å². The normalized spacial score (nSPS) is 17.2. The molecule has 0 spiro atoms. The number of halogens is 1. The Hall–Kier alpha value is -2.19. The third kappa shape index (κ3) is 3.27. The number of hydrogen-bond acceptors (Lipinski definition) is 6. The second-order valence-corrected chi connectivity index (χ2v) is 5.74. The van der Waals surface area contributed by atoms with Crippen molar-refractivity contribution in [2.75, 3.05) is 13.1 Å². The molecule has 0 aliphatic carbocycles. The van der Waals surface area contributed by atoms with Crippen molar-refractivity contribution in [3.8, 4) is 11.6 Å². The Morgan fingerprint density at radius 2 is 2.13 bits per heavy atom. The fourth-order valence-corrected chi connectivity index (χ4v) is 2.80. The molecular weight excluding hydrogens is 324 g/mol. The summed E-state index contributed by atoms with van der Waals surface area (Å²) in [5.41, 5.74) is 0.362. The van der Waals surface area contributed by atoms with Gasteiger partial charge in [0.05, 0.1) is 5.02 Å². The van der Waals surface area contributed by atoms with E-state index in [0.717, 1.165) is 0 Å². The topological polar surface area (TPSA) is 113 Å². The zero-order valence-electron chi connectivity index (χ0n) is 12.1. The molecule has 0 saturated carbocycles. The van der Waals surface area contributed by atoms with E-state index in [1.807, 2.05) is 0 Å². The summed E-state index contributed by atoms with van der Waals surface area (Å²) < 4.78 is 5.49. The van der Waals surface area contributed by atoms with Crippen LogP contribution in [0, 0.1) is 5.92 Å². The van der Waals surface area contributed by atoms with Gasteiger partial charge in [-0.05, 0) is 30.9 Å². The van der Waals surface area contributed by atoms with Crippen LogP contribution >= 0.6 is 11.6 Å². The highest BCUT2D eigenvalue weighted by Crippen LogP contribution is 2.32. The van der Waals surface area contributed by atoms with E-state index in [1.54, 1.807) is 18.3 Å². The van der Waals surface area contributed by atoms with Gasteiger partial charge >= 0.3 is 6.09 Å². The molecule has 1 atom stereocenters. The van der Waals surface area contributed by atoms with Crippen LogP contribution in [0.25, 0.3) is 11.6 Å². The van der Waals surface area contributed by atoms with Crippen LogP contribution in [0.5, 0.6) is 0 Å². The van der Waals surface area contributed by atoms with Gasteiger partial charge in [0.2, 0.25) is 5.89 Å². The standard InChI is InChI=1S/C14H15ClN4O4/c15-9-2-1-5-16-10(9)12-17-18-13(23-12)11(20)8-3-6-19(7-4-8)14(21)22/h1-2,5,8,11,20H,3-4,6-7H2,(H,21,22). The molecule has 23 heavy (non-hydrogen) atoms. The first-order valence-electron chi connectivity index (χ1n) is 7.16. The number of carboxylic acid groups (broad SMARTS) is 1. The molecule has 1 aliphatic rings. The van der Waals surface area contributed by atoms with Gasteiger partial charge in [0.1, 0.15) is 11.8 Å². The van der Waals surface area contributed by atoms with E-state index in [-0.39, 0.29) is 17.7 Å². The molecule has 1 unspecified atom stereocenters. The van der Waals surface area contributed by atoms with E-state index in [1.165, 1.54) is 4.90 Å². The quantitative estimate of drug-likeness (QED) is 0.882. The monoisotopic (exact) mass is 338 g/mol. The van der Waals surface area contributed by atoms with Crippen LogP contribution in [0.3, 0.4) is 0 Å². The van der Waals surface area contributed by atoms with Crippen LogP contribution in [0.15, 0.2) is 22.7 Å². The molecule has 8 nitrogen and oxygen atoms in total. The highest BCUT2D eigenvalue weighted by molar-refractivity contribution is 6.32. The summed E-state index contributed by atoms with van der Waals surface area (Å²) in [5, 5.41) is 27.5. The molecule has 0 aromatic carbocycles. The van der Waals surface area contributed by atoms with Crippen LogP contribution in [0.4, 0.5) is 4.79 Å². The van der Waals surface area contributed by atoms with Gasteiger partial charge < -0.3 is 19.5 Å². The van der Waals surface area contributed by atoms with Crippen LogP contribution < -0.4 is 0 Å². The van der Waals surface area contributed by atoms with Gasteiger partial charge in [0.15, 0.2) is 0 Å². The fourth-order valence-electron chi connectivity index (χ4n) is 2.60. The molecule has 1 aliphatic heterocycles. The van der Waals surface area contributed by atoms with Crippen molar-refractivity contribution in [1.29, 1.82) is 0 Å². The van der Waals surface area contributed by atoms with Crippen LogP contribution in [-0.2, 0) is 0 Å². The molecule has 122 valence electrons. The van der Waals surface area contributed by atoms with E-state index in [4.69, 9.17) is 21.1 Å². The minimum Gasteiger partial charge on any atom is -0.465 e. The lowest BCUT2D eigenvalue weighted by molar-refractivity contribution is 0.0409. The molecule has 0 bridgehead atoms. The smallest absolute Gasteiger partial charge is 0.407 e. The summed E-state index contributed by atoms with van der Waals surface area (Å²) in [6, 6.07) is 3.35. The number of pyridine rings is 1. The Morgan fingerprint density at radius 1 is 1.39 bits per heavy atom. The van der Waals surface area contributed by atoms with E-state index in [9.17, 15) is 9.90 Å². The number of hydrogen-bond donors (Lipinski definition) is 2. The third-order valence-corrected chi connectivity index (χ3v) is 4.22. The Morgan fingerprint density at radius 3 is 2.78 bits per heavy atom. The molecule has 2 aromatic heterocycles. The van der Waals surface area contributed by atoms with Crippen molar-refractivity contribution >= 4 is 17.7 Å². The molecule has 0 radical (unpaired) electrons. The van der Waals surface area contributed by atoms with E-state index < -0.39 is 12.2 Å². The maximum atomic E-state index is 10.9. The highest BCUT2D eigenvalue weighted by atomic mass is 35.5. The first kappa shape index (κ1) is 15.7. The maximum absolute atomic E-state index is 10.9. The van der Waals surface area contributed by atoms with Gasteiger partial charge in [-0.2, -0.15) is 0 Å². The maximum Gasteiger partial charge on any atom is 0.407 e. The van der Waals surface area contributed by atoms with Gasteiger partial charge in [-0.25, -0.2) is 9.78 Å². The van der Waals surface area contributed by atoms with Crippen molar-refractivity contribution in [3.05, 3.63) is 29.2 Å². The van der Waals surface area contributed by atoms with Gasteiger partial charge in [-0.15, -0.1) is 10.2 Å². The first-order valence-corrected chi connectivity index (χ1v) is 7.54. The van der Waals surface area contributed by atoms with Crippen molar-refractivity contribution < 1.29 is 19.4 Å². The lowest BCUT2D eigenvalue weighted by atomic mass is 9.91. The average Bonchev–Trinajstić information content (AvgIpc) is 3.04. The molecule has 2 aromatic rings. The lowest BCUT2D eigenvalue weighted by Gasteiger charge is -2.31. The number of piperidine rings is 1. The minimum absolute atomic E-state index is 0.0931. The zero-order valence-corrected chi connectivity index (χ0v) is 12.8. The summed E-state index contributed by atoms with van der Waals surface area (Å²) in [6.45, 7) is 0.758. The second kappa shape index (κ2) is 6.51. The van der Waals surface area contributed by atoms with Gasteiger partial charge in [0.25, 0.3) is 5.89 Å². The predicted octanol–water partition coefficient (Wildman–Crippen LogP) is 2.21. The number of aliphatic hydroxyl groups is 1. The minimum atomic E-state index is -0.942. The lowest BCUT2D eigenvalue weighted by Crippen LogP contribution is -2.38. The summed E-state index contributed by atoms with van der Waals surface area (Å²) in [5.74, 6) is 0.112. The predicted molar refractivity (Wildman–Crippen MR) is 79.8 cm³/mol. The fraction of sp³-hybridized carbons (Fsp3) is 0.429. The number of nitrogens with zero attached hydrogens (tertiary/aromatic N) is 4. The average molecular weight is 339 g/mol. The molecule has 9 heteroatoms. The number of likely N-dealkylation sites (tertiary alicyclic amines) is 1. The molecular formula is C14H15ClN4O4.